The summed E-state index contributed by atoms with van der Waals surface area (Å²) in [5.41, 5.74) is 0. The molecule has 0 radical (unpaired) electrons. The van der Waals surface area contributed by atoms with E-state index in [0.717, 1.165) is 12.0 Å². The minimum absolute atomic E-state index is 0.740. The van der Waals surface area contributed by atoms with E-state index in [1.165, 1.54) is 77.5 Å². The van der Waals surface area contributed by atoms with Crippen LogP contribution < -0.4 is 5.32 Å². The molecule has 1 unspecified atom stereocenters. The molecule has 0 bridgehead atoms. The molecule has 1 aliphatic heterocycles. The monoisotopic (exact) mass is 238 g/mol. The first kappa shape index (κ1) is 13.4. The maximum absolute atomic E-state index is 3.65. The zero-order valence-corrected chi connectivity index (χ0v) is 11.6. The standard InChI is InChI=1S/C15H30N2/c1-2-15-13-17(12-6-10-16-15)11-5-9-14-7-3-4-8-14/h14-16H,2-13H2,1H3. The topological polar surface area (TPSA) is 15.3 Å². The van der Waals surface area contributed by atoms with Gasteiger partial charge in [-0.15, -0.1) is 0 Å². The molecule has 0 aromatic carbocycles. The van der Waals surface area contributed by atoms with Gasteiger partial charge in [0.15, 0.2) is 0 Å². The van der Waals surface area contributed by atoms with Gasteiger partial charge in [-0.3, -0.25) is 0 Å². The Balaban J connectivity index is 1.62. The van der Waals surface area contributed by atoms with Crippen molar-refractivity contribution in [3.63, 3.8) is 0 Å². The third kappa shape index (κ3) is 4.59. The molecule has 2 nitrogen and oxygen atoms in total. The van der Waals surface area contributed by atoms with Crippen molar-refractivity contribution in [3.8, 4) is 0 Å². The summed E-state index contributed by atoms with van der Waals surface area (Å²) >= 11 is 0. The predicted molar refractivity (Wildman–Crippen MR) is 74.3 cm³/mol. The normalized spacial score (nSPS) is 28.4. The molecule has 0 aromatic rings. The molecule has 2 rings (SSSR count). The van der Waals surface area contributed by atoms with Crippen LogP contribution >= 0.6 is 0 Å². The van der Waals surface area contributed by atoms with E-state index in [-0.39, 0.29) is 0 Å². The van der Waals surface area contributed by atoms with E-state index in [1.807, 2.05) is 0 Å². The Hall–Kier alpha value is -0.0800. The summed E-state index contributed by atoms with van der Waals surface area (Å²) in [5.74, 6) is 1.07. The molecular formula is C15H30N2. The maximum atomic E-state index is 3.65. The summed E-state index contributed by atoms with van der Waals surface area (Å²) in [7, 11) is 0. The smallest absolute Gasteiger partial charge is 0.0192 e. The molecule has 1 heterocycles. The van der Waals surface area contributed by atoms with Crippen LogP contribution in [0.1, 0.15) is 58.3 Å². The molecule has 1 saturated carbocycles. The Morgan fingerprint density at radius 2 is 2.00 bits per heavy atom. The average molecular weight is 238 g/mol. The molecule has 2 fully saturated rings. The Bertz CT molecular complexity index is 199. The van der Waals surface area contributed by atoms with E-state index in [4.69, 9.17) is 0 Å². The lowest BCUT2D eigenvalue weighted by Gasteiger charge is -2.24. The van der Waals surface area contributed by atoms with Gasteiger partial charge >= 0.3 is 0 Å². The van der Waals surface area contributed by atoms with Crippen LogP contribution in [-0.4, -0.2) is 37.1 Å². The average Bonchev–Trinajstić information content (AvgIpc) is 2.74. The number of rotatable bonds is 5. The summed E-state index contributed by atoms with van der Waals surface area (Å²) in [4.78, 5) is 2.70. The third-order valence-corrected chi connectivity index (χ3v) is 4.62. The fourth-order valence-electron chi connectivity index (χ4n) is 3.46. The highest BCUT2D eigenvalue weighted by molar-refractivity contribution is 4.76. The van der Waals surface area contributed by atoms with Crippen LogP contribution in [0.3, 0.4) is 0 Å². The van der Waals surface area contributed by atoms with Crippen molar-refractivity contribution in [1.82, 2.24) is 10.2 Å². The first-order chi connectivity index (χ1) is 8.38. The van der Waals surface area contributed by atoms with Crippen molar-refractivity contribution < 1.29 is 0 Å². The van der Waals surface area contributed by atoms with Crippen LogP contribution in [0.25, 0.3) is 0 Å². The Labute approximate surface area is 107 Å². The van der Waals surface area contributed by atoms with E-state index in [9.17, 15) is 0 Å². The SMILES string of the molecule is CCC1CN(CCCC2CCCC2)CCCN1. The molecule has 0 spiro atoms. The van der Waals surface area contributed by atoms with Gasteiger partial charge in [0.25, 0.3) is 0 Å². The third-order valence-electron chi connectivity index (χ3n) is 4.62. The second kappa shape index (κ2) is 7.38. The minimum atomic E-state index is 0.740. The summed E-state index contributed by atoms with van der Waals surface area (Å²) < 4.78 is 0. The van der Waals surface area contributed by atoms with E-state index in [2.05, 4.69) is 17.1 Å². The van der Waals surface area contributed by atoms with Gasteiger partial charge in [-0.25, -0.2) is 0 Å². The molecule has 0 aromatic heterocycles. The molecule has 2 aliphatic rings. The molecule has 17 heavy (non-hydrogen) atoms. The second-order valence-corrected chi connectivity index (χ2v) is 6.01. The number of nitrogens with one attached hydrogen (secondary N) is 1. The predicted octanol–water partition coefficient (Wildman–Crippen LogP) is 3.03. The lowest BCUT2D eigenvalue weighted by Crippen LogP contribution is -2.37. The summed E-state index contributed by atoms with van der Waals surface area (Å²) in [6.45, 7) is 7.46. The van der Waals surface area contributed by atoms with Gasteiger partial charge in [-0.05, 0) is 51.2 Å². The number of nitrogens with zero attached hydrogens (tertiary/aromatic N) is 1. The van der Waals surface area contributed by atoms with Crippen LogP contribution in [-0.2, 0) is 0 Å². The van der Waals surface area contributed by atoms with Crippen LogP contribution in [0.2, 0.25) is 0 Å². The van der Waals surface area contributed by atoms with Crippen molar-refractivity contribution >= 4 is 0 Å². The van der Waals surface area contributed by atoms with Gasteiger partial charge in [0.2, 0.25) is 0 Å². The van der Waals surface area contributed by atoms with Crippen molar-refractivity contribution in [2.24, 2.45) is 5.92 Å². The Morgan fingerprint density at radius 3 is 2.76 bits per heavy atom. The van der Waals surface area contributed by atoms with Crippen LogP contribution in [0.4, 0.5) is 0 Å². The highest BCUT2D eigenvalue weighted by atomic mass is 15.2. The van der Waals surface area contributed by atoms with Gasteiger partial charge in [-0.2, -0.15) is 0 Å². The second-order valence-electron chi connectivity index (χ2n) is 6.01. The molecule has 1 N–H and O–H groups in total. The maximum Gasteiger partial charge on any atom is 0.0192 e. The van der Waals surface area contributed by atoms with E-state index >= 15 is 0 Å². The van der Waals surface area contributed by atoms with Crippen molar-refractivity contribution in [1.29, 1.82) is 0 Å². The molecule has 1 atom stereocenters. The highest BCUT2D eigenvalue weighted by Gasteiger charge is 2.17. The quantitative estimate of drug-likeness (QED) is 0.792. The summed E-state index contributed by atoms with van der Waals surface area (Å²) in [6.07, 6.45) is 11.5. The Kier molecular flexibility index (Phi) is 5.79. The van der Waals surface area contributed by atoms with Gasteiger partial charge in [0, 0.05) is 12.6 Å². The van der Waals surface area contributed by atoms with Crippen molar-refractivity contribution in [2.75, 3.05) is 26.2 Å². The molecule has 1 aliphatic carbocycles. The number of hydrogen-bond donors (Lipinski definition) is 1. The lowest BCUT2D eigenvalue weighted by atomic mass is 10.0. The lowest BCUT2D eigenvalue weighted by molar-refractivity contribution is 0.253. The summed E-state index contributed by atoms with van der Waals surface area (Å²) in [5, 5.41) is 3.65. The molecule has 1 saturated heterocycles. The zero-order chi connectivity index (χ0) is 11.9. The minimum Gasteiger partial charge on any atom is -0.313 e. The van der Waals surface area contributed by atoms with E-state index in [1.54, 1.807) is 0 Å². The highest BCUT2D eigenvalue weighted by Crippen LogP contribution is 2.28. The largest absolute Gasteiger partial charge is 0.313 e. The molecule has 100 valence electrons. The zero-order valence-electron chi connectivity index (χ0n) is 11.6. The van der Waals surface area contributed by atoms with E-state index < -0.39 is 0 Å². The number of hydrogen-bond acceptors (Lipinski definition) is 2. The van der Waals surface area contributed by atoms with Crippen LogP contribution in [0, 0.1) is 5.92 Å². The van der Waals surface area contributed by atoms with Gasteiger partial charge in [0.05, 0.1) is 0 Å². The first-order valence-electron chi connectivity index (χ1n) is 7.84. The van der Waals surface area contributed by atoms with Gasteiger partial charge in [0.1, 0.15) is 0 Å². The molecule has 0 amide bonds. The van der Waals surface area contributed by atoms with Crippen molar-refractivity contribution in [2.45, 2.75) is 64.3 Å². The summed E-state index contributed by atoms with van der Waals surface area (Å²) in [6, 6.07) is 0.740. The van der Waals surface area contributed by atoms with Crippen LogP contribution in [0.5, 0.6) is 0 Å². The Morgan fingerprint density at radius 1 is 1.18 bits per heavy atom. The van der Waals surface area contributed by atoms with Gasteiger partial charge in [-0.1, -0.05) is 32.6 Å². The molecule has 2 heteroatoms. The van der Waals surface area contributed by atoms with E-state index in [0.29, 0.717) is 0 Å². The van der Waals surface area contributed by atoms with Crippen molar-refractivity contribution in [3.05, 3.63) is 0 Å². The fourth-order valence-corrected chi connectivity index (χ4v) is 3.46. The molecular weight excluding hydrogens is 208 g/mol. The fraction of sp³-hybridized carbons (Fsp3) is 1.00. The van der Waals surface area contributed by atoms with Crippen LogP contribution in [0.15, 0.2) is 0 Å². The first-order valence-corrected chi connectivity index (χ1v) is 7.84. The van der Waals surface area contributed by atoms with Gasteiger partial charge < -0.3 is 10.2 Å².